The Morgan fingerprint density at radius 3 is 2.34 bits per heavy atom. The lowest BCUT2D eigenvalue weighted by Crippen LogP contribution is -2.48. The molecule has 7 nitrogen and oxygen atoms in total. The molecule has 1 heterocycles. The van der Waals surface area contributed by atoms with E-state index in [1.165, 1.54) is 21.3 Å². The normalized spacial score (nSPS) is 15.5. The van der Waals surface area contributed by atoms with Gasteiger partial charge in [0.2, 0.25) is 10.0 Å². The number of alkyl halides is 4. The van der Waals surface area contributed by atoms with Gasteiger partial charge in [-0.1, -0.05) is 30.3 Å². The first-order chi connectivity index (χ1) is 16.4. The van der Waals surface area contributed by atoms with E-state index in [4.69, 9.17) is 0 Å². The summed E-state index contributed by atoms with van der Waals surface area (Å²) in [6, 6.07) is 10.8. The van der Waals surface area contributed by atoms with Gasteiger partial charge in [0.15, 0.2) is 0 Å². The van der Waals surface area contributed by atoms with Crippen molar-refractivity contribution in [3.8, 4) is 5.75 Å². The van der Waals surface area contributed by atoms with E-state index in [0.717, 1.165) is 18.4 Å². The lowest BCUT2D eigenvalue weighted by molar-refractivity contribution is -0.253. The Kier molecular flexibility index (Phi) is 8.16. The van der Waals surface area contributed by atoms with Crippen LogP contribution in [0.3, 0.4) is 0 Å². The average Bonchev–Trinajstić information content (AvgIpc) is 2.81. The number of likely N-dealkylation sites (tertiary alicyclic amines) is 1. The number of carbonyl (C=O) groups excluding carboxylic acids is 2. The lowest BCUT2D eigenvalue weighted by Gasteiger charge is -2.37. The van der Waals surface area contributed by atoms with Crippen LogP contribution in [0.4, 0.5) is 17.6 Å². The van der Waals surface area contributed by atoms with Crippen molar-refractivity contribution in [1.82, 2.24) is 9.21 Å². The highest BCUT2D eigenvalue weighted by Gasteiger charge is 2.44. The van der Waals surface area contributed by atoms with Crippen molar-refractivity contribution < 1.29 is 40.3 Å². The molecule has 35 heavy (non-hydrogen) atoms. The van der Waals surface area contributed by atoms with Crippen molar-refractivity contribution in [3.63, 3.8) is 0 Å². The highest BCUT2D eigenvalue weighted by molar-refractivity contribution is 7.88. The fraction of sp³-hybridized carbons (Fsp3) is 0.391. The molecule has 190 valence electrons. The van der Waals surface area contributed by atoms with E-state index in [-0.39, 0.29) is 31.2 Å². The van der Waals surface area contributed by atoms with E-state index >= 15 is 0 Å². The molecule has 0 saturated carbocycles. The summed E-state index contributed by atoms with van der Waals surface area (Å²) in [6.45, 7) is 0.518. The molecule has 0 aliphatic carbocycles. The van der Waals surface area contributed by atoms with Crippen LogP contribution in [0.5, 0.6) is 5.75 Å². The van der Waals surface area contributed by atoms with Gasteiger partial charge in [0.05, 0.1) is 6.26 Å². The Bertz CT molecular complexity index is 1150. The van der Waals surface area contributed by atoms with Crippen LogP contribution >= 0.6 is 0 Å². The molecule has 1 aliphatic heterocycles. The van der Waals surface area contributed by atoms with Gasteiger partial charge in [0.25, 0.3) is 5.91 Å². The molecular weight excluding hydrogens is 492 g/mol. The molecule has 2 aromatic rings. The molecule has 0 N–H and O–H groups in total. The summed E-state index contributed by atoms with van der Waals surface area (Å²) in [5.74, 6) is -1.08. The largest absolute Gasteiger partial charge is 0.461 e. The number of aldehydes is 1. The highest BCUT2D eigenvalue weighted by Crippen LogP contribution is 2.29. The third-order valence-corrected chi connectivity index (χ3v) is 6.91. The van der Waals surface area contributed by atoms with Crippen LogP contribution < -0.4 is 4.74 Å². The summed E-state index contributed by atoms with van der Waals surface area (Å²) in [5, 5.41) is 0. The fourth-order valence-corrected chi connectivity index (χ4v) is 4.97. The van der Waals surface area contributed by atoms with Gasteiger partial charge in [-0.05, 0) is 36.6 Å². The fourth-order valence-electron chi connectivity index (χ4n) is 3.83. The number of benzene rings is 2. The molecule has 1 amide bonds. The Morgan fingerprint density at radius 2 is 1.80 bits per heavy atom. The molecule has 0 aromatic heterocycles. The van der Waals surface area contributed by atoms with Crippen molar-refractivity contribution in [3.05, 3.63) is 65.2 Å². The topological polar surface area (TPSA) is 84.0 Å². The molecule has 0 unspecified atom stereocenters. The number of piperidine rings is 1. The van der Waals surface area contributed by atoms with Gasteiger partial charge in [0, 0.05) is 36.8 Å². The smallest absolute Gasteiger partial charge is 0.428 e. The zero-order valence-corrected chi connectivity index (χ0v) is 19.6. The maximum Gasteiger partial charge on any atom is 0.461 e. The summed E-state index contributed by atoms with van der Waals surface area (Å²) >= 11 is 0. The van der Waals surface area contributed by atoms with Gasteiger partial charge in [-0.15, -0.1) is 0 Å². The van der Waals surface area contributed by atoms with Gasteiger partial charge in [-0.3, -0.25) is 9.59 Å². The predicted octanol–water partition coefficient (Wildman–Crippen LogP) is 3.80. The van der Waals surface area contributed by atoms with Crippen LogP contribution in [0.1, 0.15) is 39.1 Å². The number of sulfonamides is 1. The van der Waals surface area contributed by atoms with Crippen LogP contribution in [0.2, 0.25) is 0 Å². The van der Waals surface area contributed by atoms with Crippen LogP contribution in [-0.4, -0.2) is 67.7 Å². The number of hydrogen-bond donors (Lipinski definition) is 0. The molecule has 0 atom stereocenters. The molecule has 1 saturated heterocycles. The number of nitrogens with zero attached hydrogens (tertiary/aromatic N) is 2. The highest BCUT2D eigenvalue weighted by atomic mass is 32.2. The average molecular weight is 517 g/mol. The second kappa shape index (κ2) is 10.7. The standard InChI is InChI=1S/C23H24F4N2O5S/c1-35(32,33)29(14-16-5-7-17(15-30)8-6-16)19-9-11-28(12-10-19)21(31)18-3-2-4-20(13-18)34-23(26,27)22(24)25/h2-8,13,15,19,22H,9-12,14H2,1H3. The van der Waals surface area contributed by atoms with Crippen LogP contribution in [-0.2, 0) is 16.6 Å². The monoisotopic (exact) mass is 516 g/mol. The number of halogens is 4. The van der Waals surface area contributed by atoms with Crippen molar-refractivity contribution >= 4 is 22.2 Å². The van der Waals surface area contributed by atoms with E-state index in [1.807, 2.05) is 0 Å². The predicted molar refractivity (Wildman–Crippen MR) is 119 cm³/mol. The quantitative estimate of drug-likeness (QED) is 0.374. The first-order valence-electron chi connectivity index (χ1n) is 10.7. The van der Waals surface area contributed by atoms with E-state index in [9.17, 15) is 35.6 Å². The maximum absolute atomic E-state index is 13.2. The van der Waals surface area contributed by atoms with Crippen LogP contribution in [0, 0.1) is 0 Å². The molecular formula is C23H24F4N2O5S. The van der Waals surface area contributed by atoms with Crippen molar-refractivity contribution in [2.45, 2.75) is 38.0 Å². The van der Waals surface area contributed by atoms with E-state index in [0.29, 0.717) is 30.3 Å². The van der Waals surface area contributed by atoms with Gasteiger partial charge in [0.1, 0.15) is 12.0 Å². The molecule has 0 bridgehead atoms. The SMILES string of the molecule is CS(=O)(=O)N(Cc1ccc(C=O)cc1)C1CCN(C(=O)c2cccc(OC(F)(F)C(F)F)c2)CC1. The summed E-state index contributed by atoms with van der Waals surface area (Å²) in [5.41, 5.74) is 1.16. The van der Waals surface area contributed by atoms with E-state index in [1.54, 1.807) is 24.3 Å². The van der Waals surface area contributed by atoms with E-state index < -0.39 is 34.2 Å². The zero-order chi connectivity index (χ0) is 25.8. The third-order valence-electron chi connectivity index (χ3n) is 5.63. The number of hydrogen-bond acceptors (Lipinski definition) is 5. The van der Waals surface area contributed by atoms with Crippen molar-refractivity contribution in [2.24, 2.45) is 0 Å². The third kappa shape index (κ3) is 6.79. The van der Waals surface area contributed by atoms with Crippen molar-refractivity contribution in [1.29, 1.82) is 0 Å². The Balaban J connectivity index is 1.67. The lowest BCUT2D eigenvalue weighted by atomic mass is 10.0. The van der Waals surface area contributed by atoms with Gasteiger partial charge in [-0.2, -0.15) is 21.9 Å². The molecule has 2 aromatic carbocycles. The minimum absolute atomic E-state index is 0.0127. The number of ether oxygens (including phenoxy) is 1. The molecule has 0 spiro atoms. The zero-order valence-electron chi connectivity index (χ0n) is 18.7. The van der Waals surface area contributed by atoms with Gasteiger partial charge >= 0.3 is 12.5 Å². The minimum Gasteiger partial charge on any atom is -0.428 e. The van der Waals surface area contributed by atoms with Crippen molar-refractivity contribution in [2.75, 3.05) is 19.3 Å². The van der Waals surface area contributed by atoms with Crippen LogP contribution in [0.25, 0.3) is 0 Å². The Labute approximate surface area is 200 Å². The second-order valence-corrected chi connectivity index (χ2v) is 10.1. The minimum atomic E-state index is -4.69. The Morgan fingerprint density at radius 1 is 1.17 bits per heavy atom. The molecule has 3 rings (SSSR count). The summed E-state index contributed by atoms with van der Waals surface area (Å²) in [6.07, 6.45) is -6.25. The number of carbonyl (C=O) groups is 2. The number of amides is 1. The van der Waals surface area contributed by atoms with Crippen LogP contribution in [0.15, 0.2) is 48.5 Å². The number of rotatable bonds is 9. The van der Waals surface area contributed by atoms with E-state index in [2.05, 4.69) is 4.74 Å². The van der Waals surface area contributed by atoms with Gasteiger partial charge in [-0.25, -0.2) is 8.42 Å². The first kappa shape index (κ1) is 26.6. The first-order valence-corrected chi connectivity index (χ1v) is 12.5. The second-order valence-electron chi connectivity index (χ2n) is 8.18. The maximum atomic E-state index is 13.2. The molecule has 12 heteroatoms. The molecule has 0 radical (unpaired) electrons. The Hall–Kier alpha value is -2.99. The van der Waals surface area contributed by atoms with Gasteiger partial charge < -0.3 is 9.64 Å². The summed E-state index contributed by atoms with van der Waals surface area (Å²) < 4.78 is 81.5. The molecule has 1 fully saturated rings. The molecule has 1 aliphatic rings. The summed E-state index contributed by atoms with van der Waals surface area (Å²) in [7, 11) is -3.59. The summed E-state index contributed by atoms with van der Waals surface area (Å²) in [4.78, 5) is 25.1.